The summed E-state index contributed by atoms with van der Waals surface area (Å²) in [5, 5.41) is 21.2. The van der Waals surface area contributed by atoms with Crippen LogP contribution in [-0.4, -0.2) is 50.1 Å². The fourth-order valence-corrected chi connectivity index (χ4v) is 3.56. The van der Waals surface area contributed by atoms with Crippen molar-refractivity contribution in [2.75, 3.05) is 13.2 Å². The Kier molecular flexibility index (Phi) is 5.50. The fraction of sp³-hybridized carbons (Fsp3) is 0.364. The van der Waals surface area contributed by atoms with Crippen LogP contribution in [0, 0.1) is 0 Å². The predicted molar refractivity (Wildman–Crippen MR) is 112 cm³/mol. The fourth-order valence-electron chi connectivity index (χ4n) is 3.56. The van der Waals surface area contributed by atoms with Gasteiger partial charge in [-0.1, -0.05) is 6.07 Å². The average Bonchev–Trinajstić information content (AvgIpc) is 3.11. The number of hydrogen-bond donors (Lipinski definition) is 2. The molecule has 3 aromatic rings. The molecule has 0 unspecified atom stereocenters. The van der Waals surface area contributed by atoms with Gasteiger partial charge in [-0.15, -0.1) is 10.2 Å². The van der Waals surface area contributed by atoms with E-state index >= 15 is 0 Å². The number of ether oxygens (including phenoxy) is 2. The van der Waals surface area contributed by atoms with E-state index in [-0.39, 0.29) is 47.5 Å². The van der Waals surface area contributed by atoms with Crippen LogP contribution >= 0.6 is 0 Å². The molecule has 3 heterocycles. The molecule has 1 amide bonds. The van der Waals surface area contributed by atoms with Crippen molar-refractivity contribution in [3.05, 3.63) is 47.9 Å². The van der Waals surface area contributed by atoms with Gasteiger partial charge in [0.1, 0.15) is 34.2 Å². The SMILES string of the molecule is CC1(C)CC(=O)c2c(O)cc(OCC(=O)NCCCc3nnc4ccccn34)cc2O1. The third kappa shape index (κ3) is 4.60. The minimum absolute atomic E-state index is 0.150. The highest BCUT2D eigenvalue weighted by atomic mass is 16.5. The van der Waals surface area contributed by atoms with Crippen LogP contribution < -0.4 is 14.8 Å². The lowest BCUT2D eigenvalue weighted by Crippen LogP contribution is -2.36. The molecule has 0 spiro atoms. The Morgan fingerprint density at radius 3 is 3.00 bits per heavy atom. The van der Waals surface area contributed by atoms with E-state index in [0.717, 1.165) is 11.5 Å². The highest BCUT2D eigenvalue weighted by Gasteiger charge is 2.35. The molecule has 1 aliphatic rings. The van der Waals surface area contributed by atoms with Crippen molar-refractivity contribution >= 4 is 17.3 Å². The summed E-state index contributed by atoms with van der Waals surface area (Å²) >= 11 is 0. The molecule has 4 rings (SSSR count). The number of aromatic hydroxyl groups is 1. The first-order chi connectivity index (χ1) is 14.8. The molecule has 0 atom stereocenters. The van der Waals surface area contributed by atoms with E-state index in [9.17, 15) is 14.7 Å². The van der Waals surface area contributed by atoms with Crippen molar-refractivity contribution in [2.24, 2.45) is 0 Å². The Balaban J connectivity index is 1.27. The van der Waals surface area contributed by atoms with E-state index in [4.69, 9.17) is 9.47 Å². The van der Waals surface area contributed by atoms with Gasteiger partial charge in [0.05, 0.1) is 6.42 Å². The van der Waals surface area contributed by atoms with Gasteiger partial charge in [0, 0.05) is 31.3 Å². The molecule has 0 saturated carbocycles. The molecule has 162 valence electrons. The zero-order chi connectivity index (χ0) is 22.0. The number of pyridine rings is 1. The lowest BCUT2D eigenvalue weighted by molar-refractivity contribution is -0.123. The van der Waals surface area contributed by atoms with Crippen molar-refractivity contribution in [1.29, 1.82) is 0 Å². The maximum absolute atomic E-state index is 12.2. The summed E-state index contributed by atoms with van der Waals surface area (Å²) in [6.07, 6.45) is 3.46. The average molecular weight is 424 g/mol. The number of hydrogen-bond acceptors (Lipinski definition) is 7. The third-order valence-corrected chi connectivity index (χ3v) is 4.96. The number of amides is 1. The molecule has 0 saturated heterocycles. The number of carbonyl (C=O) groups excluding carboxylic acids is 2. The Morgan fingerprint density at radius 2 is 2.16 bits per heavy atom. The van der Waals surface area contributed by atoms with E-state index in [0.29, 0.717) is 19.4 Å². The van der Waals surface area contributed by atoms with Crippen LogP contribution in [0.3, 0.4) is 0 Å². The maximum atomic E-state index is 12.2. The summed E-state index contributed by atoms with van der Waals surface area (Å²) in [6.45, 7) is 3.84. The number of ketones is 1. The van der Waals surface area contributed by atoms with Crippen LogP contribution in [0.4, 0.5) is 0 Å². The first kappa shape index (κ1) is 20.6. The van der Waals surface area contributed by atoms with Gasteiger partial charge in [-0.3, -0.25) is 14.0 Å². The number of aryl methyl sites for hydroxylation is 1. The molecule has 0 aliphatic carbocycles. The van der Waals surface area contributed by atoms with Crippen LogP contribution in [0.1, 0.15) is 42.9 Å². The molecule has 0 bridgehead atoms. The van der Waals surface area contributed by atoms with E-state index < -0.39 is 5.60 Å². The number of carbonyl (C=O) groups is 2. The second kappa shape index (κ2) is 8.25. The van der Waals surface area contributed by atoms with E-state index in [1.807, 2.05) is 28.8 Å². The summed E-state index contributed by atoms with van der Waals surface area (Å²) in [5.74, 6) is 0.662. The van der Waals surface area contributed by atoms with Crippen LogP contribution in [0.15, 0.2) is 36.5 Å². The van der Waals surface area contributed by atoms with Crippen molar-refractivity contribution in [1.82, 2.24) is 19.9 Å². The highest BCUT2D eigenvalue weighted by Crippen LogP contribution is 2.40. The maximum Gasteiger partial charge on any atom is 0.257 e. The van der Waals surface area contributed by atoms with Gasteiger partial charge in [0.25, 0.3) is 5.91 Å². The molecule has 9 heteroatoms. The third-order valence-electron chi connectivity index (χ3n) is 4.96. The standard InChI is InChI=1S/C22H24N4O5/c1-22(2)12-16(28)21-15(27)10-14(11-17(21)31-22)30-13-20(29)23-8-5-7-19-25-24-18-6-3-4-9-26(18)19/h3-4,6,9-11,27H,5,7-8,12-13H2,1-2H3,(H,23,29). The molecule has 0 radical (unpaired) electrons. The minimum Gasteiger partial charge on any atom is -0.507 e. The lowest BCUT2D eigenvalue weighted by atomic mass is 9.92. The number of phenols is 1. The van der Waals surface area contributed by atoms with Crippen molar-refractivity contribution in [2.45, 2.75) is 38.7 Å². The van der Waals surface area contributed by atoms with Gasteiger partial charge in [0.15, 0.2) is 18.0 Å². The van der Waals surface area contributed by atoms with Crippen LogP contribution in [-0.2, 0) is 11.2 Å². The second-order valence-corrected chi connectivity index (χ2v) is 8.06. The summed E-state index contributed by atoms with van der Waals surface area (Å²) in [6, 6.07) is 8.55. The number of nitrogens with one attached hydrogen (secondary N) is 1. The molecule has 0 fully saturated rings. The molecule has 2 aromatic heterocycles. The van der Waals surface area contributed by atoms with Gasteiger partial charge < -0.3 is 19.9 Å². The summed E-state index contributed by atoms with van der Waals surface area (Å²) in [7, 11) is 0. The van der Waals surface area contributed by atoms with Crippen LogP contribution in [0.25, 0.3) is 5.65 Å². The Hall–Kier alpha value is -3.62. The van der Waals surface area contributed by atoms with Gasteiger partial charge >= 0.3 is 0 Å². The predicted octanol–water partition coefficient (Wildman–Crippen LogP) is 2.31. The lowest BCUT2D eigenvalue weighted by Gasteiger charge is -2.32. The summed E-state index contributed by atoms with van der Waals surface area (Å²) < 4.78 is 13.2. The van der Waals surface area contributed by atoms with Crippen molar-refractivity contribution in [3.8, 4) is 17.2 Å². The molecule has 31 heavy (non-hydrogen) atoms. The topological polar surface area (TPSA) is 115 Å². The number of fused-ring (bicyclic) bond motifs is 2. The van der Waals surface area contributed by atoms with Crippen molar-refractivity contribution < 1.29 is 24.2 Å². The Morgan fingerprint density at radius 1 is 1.32 bits per heavy atom. The number of nitrogens with zero attached hydrogens (tertiary/aromatic N) is 3. The molecule has 1 aromatic carbocycles. The molecular formula is C22H24N4O5. The monoisotopic (exact) mass is 424 g/mol. The summed E-state index contributed by atoms with van der Waals surface area (Å²) in [4.78, 5) is 24.4. The zero-order valence-corrected chi connectivity index (χ0v) is 17.4. The Labute approximate surface area is 179 Å². The van der Waals surface area contributed by atoms with Gasteiger partial charge in [0.2, 0.25) is 0 Å². The van der Waals surface area contributed by atoms with Crippen LogP contribution in [0.5, 0.6) is 17.2 Å². The first-order valence-corrected chi connectivity index (χ1v) is 10.1. The number of aromatic nitrogens is 3. The number of rotatable bonds is 7. The highest BCUT2D eigenvalue weighted by molar-refractivity contribution is 6.03. The quantitative estimate of drug-likeness (QED) is 0.559. The number of benzene rings is 1. The van der Waals surface area contributed by atoms with Gasteiger partial charge in [-0.05, 0) is 32.4 Å². The Bertz CT molecular complexity index is 1140. The second-order valence-electron chi connectivity index (χ2n) is 8.06. The molecular weight excluding hydrogens is 400 g/mol. The molecule has 2 N–H and O–H groups in total. The normalized spacial score (nSPS) is 14.7. The van der Waals surface area contributed by atoms with E-state index in [1.165, 1.54) is 12.1 Å². The largest absolute Gasteiger partial charge is 0.507 e. The van der Waals surface area contributed by atoms with E-state index in [2.05, 4.69) is 15.5 Å². The smallest absolute Gasteiger partial charge is 0.257 e. The first-order valence-electron chi connectivity index (χ1n) is 10.1. The molecule has 1 aliphatic heterocycles. The van der Waals surface area contributed by atoms with Crippen LogP contribution in [0.2, 0.25) is 0 Å². The molecule has 9 nitrogen and oxygen atoms in total. The minimum atomic E-state index is -0.664. The van der Waals surface area contributed by atoms with E-state index in [1.54, 1.807) is 13.8 Å². The number of phenolic OH excluding ortho intramolecular Hbond substituents is 1. The van der Waals surface area contributed by atoms with Gasteiger partial charge in [-0.25, -0.2) is 0 Å². The zero-order valence-electron chi connectivity index (χ0n) is 17.4. The number of Topliss-reactive ketones (excluding diaryl/α,β-unsaturated/α-hetero) is 1. The van der Waals surface area contributed by atoms with Crippen molar-refractivity contribution in [3.63, 3.8) is 0 Å². The summed E-state index contributed by atoms with van der Waals surface area (Å²) in [5.41, 5.74) is 0.275. The van der Waals surface area contributed by atoms with Gasteiger partial charge in [-0.2, -0.15) is 0 Å².